The second-order valence-electron chi connectivity index (χ2n) is 4.99. The number of amides is 2. The predicted octanol–water partition coefficient (Wildman–Crippen LogP) is 1.40. The molecule has 2 rings (SSSR count). The number of nitrogens with zero attached hydrogens (tertiary/aromatic N) is 1. The molecule has 0 bridgehead atoms. The maximum absolute atomic E-state index is 11.8. The number of carbonyl (C=O) groups is 1. The van der Waals surface area contributed by atoms with E-state index in [2.05, 4.69) is 15.6 Å². The topological polar surface area (TPSA) is 114 Å². The molecule has 0 spiro atoms. The van der Waals surface area contributed by atoms with Gasteiger partial charge in [0.2, 0.25) is 10.0 Å². The van der Waals surface area contributed by atoms with Gasteiger partial charge in [-0.1, -0.05) is 18.2 Å². The average molecular weight is 334 g/mol. The van der Waals surface area contributed by atoms with Crippen molar-refractivity contribution in [1.29, 1.82) is 0 Å². The van der Waals surface area contributed by atoms with Crippen LogP contribution in [0.2, 0.25) is 0 Å². The van der Waals surface area contributed by atoms with Crippen LogP contribution in [0.1, 0.15) is 11.1 Å². The monoisotopic (exact) mass is 334 g/mol. The van der Waals surface area contributed by atoms with Crippen LogP contribution in [0.3, 0.4) is 0 Å². The van der Waals surface area contributed by atoms with Crippen molar-refractivity contribution in [1.82, 2.24) is 10.3 Å². The van der Waals surface area contributed by atoms with E-state index in [0.717, 1.165) is 11.1 Å². The minimum atomic E-state index is -3.68. The smallest absolute Gasteiger partial charge is 0.320 e. The molecule has 1 aromatic carbocycles. The first-order valence-electron chi connectivity index (χ1n) is 6.94. The van der Waals surface area contributed by atoms with E-state index in [9.17, 15) is 13.2 Å². The number of nitrogens with two attached hydrogens (primary N) is 1. The molecule has 0 aliphatic heterocycles. The van der Waals surface area contributed by atoms with Gasteiger partial charge in [0.05, 0.1) is 4.90 Å². The Hall–Kier alpha value is -2.45. The Kier molecular flexibility index (Phi) is 5.30. The number of nitrogens with one attached hydrogen (secondary N) is 2. The van der Waals surface area contributed by atoms with E-state index in [1.54, 1.807) is 24.4 Å². The van der Waals surface area contributed by atoms with Crippen molar-refractivity contribution in [3.63, 3.8) is 0 Å². The zero-order chi connectivity index (χ0) is 16.9. The lowest BCUT2D eigenvalue weighted by Crippen LogP contribution is -2.31. The number of rotatable bonds is 5. The lowest BCUT2D eigenvalue weighted by Gasteiger charge is -2.09. The van der Waals surface area contributed by atoms with Gasteiger partial charge >= 0.3 is 6.03 Å². The number of benzene rings is 1. The van der Waals surface area contributed by atoms with Crippen LogP contribution in [0.4, 0.5) is 10.6 Å². The average Bonchev–Trinajstić information content (AvgIpc) is 2.49. The molecule has 1 heterocycles. The third-order valence-corrected chi connectivity index (χ3v) is 4.12. The van der Waals surface area contributed by atoms with Crippen LogP contribution in [-0.4, -0.2) is 26.0 Å². The molecule has 0 aliphatic carbocycles. The maximum atomic E-state index is 11.8. The van der Waals surface area contributed by atoms with Crippen LogP contribution >= 0.6 is 0 Å². The summed E-state index contributed by atoms with van der Waals surface area (Å²) in [6.45, 7) is 2.27. The Morgan fingerprint density at radius 3 is 2.52 bits per heavy atom. The molecule has 0 atom stereocenters. The summed E-state index contributed by atoms with van der Waals surface area (Å²) in [6.07, 6.45) is 2.18. The molecule has 0 unspecified atom stereocenters. The quantitative estimate of drug-likeness (QED) is 0.766. The first-order valence-corrected chi connectivity index (χ1v) is 8.49. The van der Waals surface area contributed by atoms with E-state index in [4.69, 9.17) is 5.14 Å². The van der Waals surface area contributed by atoms with E-state index < -0.39 is 10.0 Å². The molecule has 1 aromatic heterocycles. The molecular formula is C15H18N4O3S. The van der Waals surface area contributed by atoms with Gasteiger partial charge < -0.3 is 5.32 Å². The summed E-state index contributed by atoms with van der Waals surface area (Å²) in [5.41, 5.74) is 1.77. The highest BCUT2D eigenvalue weighted by Gasteiger charge is 2.07. The van der Waals surface area contributed by atoms with Crippen LogP contribution in [0.25, 0.3) is 0 Å². The van der Waals surface area contributed by atoms with Crippen LogP contribution in [0, 0.1) is 6.92 Å². The second-order valence-corrected chi connectivity index (χ2v) is 6.55. The van der Waals surface area contributed by atoms with E-state index in [-0.39, 0.29) is 10.9 Å². The molecule has 0 aliphatic rings. The van der Waals surface area contributed by atoms with Crippen molar-refractivity contribution in [2.45, 2.75) is 18.2 Å². The van der Waals surface area contributed by atoms with Gasteiger partial charge in [-0.15, -0.1) is 0 Å². The minimum absolute atomic E-state index is 0.0672. The van der Waals surface area contributed by atoms with Crippen molar-refractivity contribution in [3.8, 4) is 0 Å². The van der Waals surface area contributed by atoms with Crippen molar-refractivity contribution >= 4 is 21.9 Å². The molecule has 2 aromatic rings. The van der Waals surface area contributed by atoms with Crippen molar-refractivity contribution in [2.24, 2.45) is 5.14 Å². The molecule has 23 heavy (non-hydrogen) atoms. The lowest BCUT2D eigenvalue weighted by atomic mass is 10.1. The van der Waals surface area contributed by atoms with E-state index in [0.29, 0.717) is 18.8 Å². The fraction of sp³-hybridized carbons (Fsp3) is 0.200. The van der Waals surface area contributed by atoms with Crippen molar-refractivity contribution in [3.05, 3.63) is 53.7 Å². The van der Waals surface area contributed by atoms with Gasteiger partial charge in [0.25, 0.3) is 0 Å². The highest BCUT2D eigenvalue weighted by molar-refractivity contribution is 7.89. The number of hydrogen-bond donors (Lipinski definition) is 3. The summed E-state index contributed by atoms with van der Waals surface area (Å²) >= 11 is 0. The molecule has 0 fully saturated rings. The predicted molar refractivity (Wildman–Crippen MR) is 87.5 cm³/mol. The number of carbonyl (C=O) groups excluding carboxylic acids is 1. The first-order chi connectivity index (χ1) is 10.9. The summed E-state index contributed by atoms with van der Waals surface area (Å²) in [5, 5.41) is 10.4. The molecule has 0 saturated carbocycles. The normalized spacial score (nSPS) is 11.0. The first kappa shape index (κ1) is 16.9. The summed E-state index contributed by atoms with van der Waals surface area (Å²) in [5.74, 6) is 0.516. The Morgan fingerprint density at radius 1 is 1.22 bits per heavy atom. The van der Waals surface area contributed by atoms with Gasteiger partial charge in [0.15, 0.2) is 0 Å². The molecule has 4 N–H and O–H groups in total. The summed E-state index contributed by atoms with van der Waals surface area (Å²) < 4.78 is 22.3. The van der Waals surface area contributed by atoms with Gasteiger partial charge in [-0.2, -0.15) is 0 Å². The van der Waals surface area contributed by atoms with Gasteiger partial charge in [-0.3, -0.25) is 5.32 Å². The number of pyridine rings is 1. The molecule has 7 nitrogen and oxygen atoms in total. The number of urea groups is 1. The molecular weight excluding hydrogens is 316 g/mol. The van der Waals surface area contributed by atoms with Gasteiger partial charge in [-0.25, -0.2) is 23.3 Å². The molecule has 122 valence electrons. The zero-order valence-corrected chi connectivity index (χ0v) is 13.4. The summed E-state index contributed by atoms with van der Waals surface area (Å²) in [7, 11) is -3.68. The number of anilines is 1. The maximum Gasteiger partial charge on any atom is 0.320 e. The number of primary sulfonamides is 1. The number of sulfonamides is 1. The minimum Gasteiger partial charge on any atom is -0.337 e. The summed E-state index contributed by atoms with van der Waals surface area (Å²) in [4.78, 5) is 15.9. The largest absolute Gasteiger partial charge is 0.337 e. The highest BCUT2D eigenvalue weighted by Crippen LogP contribution is 2.10. The van der Waals surface area contributed by atoms with Crippen LogP contribution in [-0.2, 0) is 16.4 Å². The Bertz CT molecular complexity index is 789. The number of aromatic nitrogens is 1. The fourth-order valence-electron chi connectivity index (χ4n) is 1.93. The lowest BCUT2D eigenvalue weighted by molar-refractivity contribution is 0.252. The zero-order valence-electron chi connectivity index (χ0n) is 12.6. The number of hydrogen-bond acceptors (Lipinski definition) is 4. The van der Waals surface area contributed by atoms with Gasteiger partial charge in [-0.05, 0) is 42.7 Å². The summed E-state index contributed by atoms with van der Waals surface area (Å²) in [6, 6.07) is 9.54. The second kappa shape index (κ2) is 7.21. The molecule has 2 amide bonds. The fourth-order valence-corrected chi connectivity index (χ4v) is 2.45. The number of aryl methyl sites for hydroxylation is 1. The standard InChI is InChI=1S/C15H18N4O3S/c1-11-3-2-9-17-14(11)19-15(20)18-10-8-12-4-6-13(7-5-12)23(16,21)22/h2-7,9H,8,10H2,1H3,(H2,16,21,22)(H2,17,18,19,20). The van der Waals surface area contributed by atoms with Gasteiger partial charge in [0.1, 0.15) is 5.82 Å². The van der Waals surface area contributed by atoms with Gasteiger partial charge in [0, 0.05) is 12.7 Å². The Morgan fingerprint density at radius 2 is 1.91 bits per heavy atom. The SMILES string of the molecule is Cc1cccnc1NC(=O)NCCc1ccc(S(N)(=O)=O)cc1. The molecule has 0 radical (unpaired) electrons. The molecule has 8 heteroatoms. The van der Waals surface area contributed by atoms with Crippen molar-refractivity contribution < 1.29 is 13.2 Å². The van der Waals surface area contributed by atoms with Crippen molar-refractivity contribution in [2.75, 3.05) is 11.9 Å². The Labute approximate surface area is 135 Å². The highest BCUT2D eigenvalue weighted by atomic mass is 32.2. The van der Waals surface area contributed by atoms with E-state index in [1.165, 1.54) is 12.1 Å². The van der Waals surface area contributed by atoms with Crippen LogP contribution in [0.5, 0.6) is 0 Å². The van der Waals surface area contributed by atoms with Crippen LogP contribution < -0.4 is 15.8 Å². The van der Waals surface area contributed by atoms with Crippen LogP contribution in [0.15, 0.2) is 47.5 Å². The third-order valence-electron chi connectivity index (χ3n) is 3.19. The van der Waals surface area contributed by atoms with E-state index >= 15 is 0 Å². The molecule has 0 saturated heterocycles. The Balaban J connectivity index is 1.83. The third kappa shape index (κ3) is 5.04. The van der Waals surface area contributed by atoms with E-state index in [1.807, 2.05) is 13.0 Å².